The molecule has 0 fully saturated rings. The number of aromatic nitrogens is 2. The van der Waals surface area contributed by atoms with Crippen LogP contribution in [0.2, 0.25) is 0 Å². The Bertz CT molecular complexity index is 639. The van der Waals surface area contributed by atoms with Crippen molar-refractivity contribution in [2.45, 2.75) is 32.4 Å². The quantitative estimate of drug-likeness (QED) is 0.831. The van der Waals surface area contributed by atoms with Crippen LogP contribution in [0.1, 0.15) is 32.2 Å². The van der Waals surface area contributed by atoms with E-state index < -0.39 is 17.3 Å². The van der Waals surface area contributed by atoms with Crippen LogP contribution in [0, 0.1) is 0 Å². The molecule has 0 radical (unpaired) electrons. The summed E-state index contributed by atoms with van der Waals surface area (Å²) in [6, 6.07) is 7.96. The standard InChI is InChI=1S/C15H17F3N2O/c1-14(2,3)13-9-12(15(16,17)18)19-20(13)10-7-5-6-8-11(10)21-4/h5-9H,1-4H3. The SMILES string of the molecule is COc1ccccc1-n1nc(C(F)(F)F)cc1C(C)(C)C. The van der Waals surface area contributed by atoms with Crippen LogP contribution in [0.25, 0.3) is 5.69 Å². The topological polar surface area (TPSA) is 27.1 Å². The lowest BCUT2D eigenvalue weighted by Crippen LogP contribution is -2.17. The molecule has 0 amide bonds. The van der Waals surface area contributed by atoms with Gasteiger partial charge in [0.1, 0.15) is 11.4 Å². The molecule has 0 spiro atoms. The maximum absolute atomic E-state index is 13.0. The molecular weight excluding hydrogens is 281 g/mol. The molecule has 3 nitrogen and oxygen atoms in total. The highest BCUT2D eigenvalue weighted by Crippen LogP contribution is 2.35. The Balaban J connectivity index is 2.70. The Morgan fingerprint density at radius 3 is 2.24 bits per heavy atom. The highest BCUT2D eigenvalue weighted by atomic mass is 19.4. The summed E-state index contributed by atoms with van der Waals surface area (Å²) in [4.78, 5) is 0. The van der Waals surface area contributed by atoms with Gasteiger partial charge in [0.15, 0.2) is 5.69 Å². The molecule has 0 bridgehead atoms. The molecule has 0 aliphatic rings. The molecule has 0 saturated carbocycles. The van der Waals surface area contributed by atoms with Crippen LogP contribution in [0.15, 0.2) is 30.3 Å². The van der Waals surface area contributed by atoms with E-state index in [1.54, 1.807) is 24.3 Å². The van der Waals surface area contributed by atoms with E-state index in [0.717, 1.165) is 6.07 Å². The average Bonchev–Trinajstić information content (AvgIpc) is 2.83. The molecule has 0 N–H and O–H groups in total. The van der Waals surface area contributed by atoms with Gasteiger partial charge in [-0.25, -0.2) is 4.68 Å². The Kier molecular flexibility index (Phi) is 3.74. The van der Waals surface area contributed by atoms with E-state index >= 15 is 0 Å². The Labute approximate surface area is 121 Å². The van der Waals surface area contributed by atoms with Gasteiger partial charge in [-0.05, 0) is 18.2 Å². The van der Waals surface area contributed by atoms with E-state index in [9.17, 15) is 13.2 Å². The van der Waals surface area contributed by atoms with Crippen molar-refractivity contribution in [2.24, 2.45) is 0 Å². The van der Waals surface area contributed by atoms with Gasteiger partial charge >= 0.3 is 6.18 Å². The zero-order valence-corrected chi connectivity index (χ0v) is 12.3. The normalized spacial score (nSPS) is 12.5. The summed E-state index contributed by atoms with van der Waals surface area (Å²) >= 11 is 0. The summed E-state index contributed by atoms with van der Waals surface area (Å²) in [7, 11) is 1.48. The van der Waals surface area contributed by atoms with E-state index in [2.05, 4.69) is 5.10 Å². The van der Waals surface area contributed by atoms with Crippen molar-refractivity contribution >= 4 is 0 Å². The fraction of sp³-hybridized carbons (Fsp3) is 0.400. The second-order valence-corrected chi connectivity index (χ2v) is 5.75. The van der Waals surface area contributed by atoms with Gasteiger partial charge in [-0.2, -0.15) is 18.3 Å². The largest absolute Gasteiger partial charge is 0.494 e. The number of nitrogens with zero attached hydrogens (tertiary/aromatic N) is 2. The minimum Gasteiger partial charge on any atom is -0.494 e. The molecule has 0 atom stereocenters. The smallest absolute Gasteiger partial charge is 0.435 e. The number of alkyl halides is 3. The first-order valence-corrected chi connectivity index (χ1v) is 6.45. The highest BCUT2D eigenvalue weighted by molar-refractivity contribution is 5.48. The van der Waals surface area contributed by atoms with Gasteiger partial charge < -0.3 is 4.74 Å². The molecule has 2 aromatic rings. The van der Waals surface area contributed by atoms with Crippen LogP contribution >= 0.6 is 0 Å². The minimum absolute atomic E-state index is 0.472. The summed E-state index contributed by atoms with van der Waals surface area (Å²) in [5, 5.41) is 3.74. The van der Waals surface area contributed by atoms with Crippen LogP contribution in [-0.2, 0) is 11.6 Å². The number of hydrogen-bond donors (Lipinski definition) is 0. The lowest BCUT2D eigenvalue weighted by molar-refractivity contribution is -0.141. The molecule has 0 aliphatic heterocycles. The number of rotatable bonds is 2. The lowest BCUT2D eigenvalue weighted by Gasteiger charge is -2.21. The Morgan fingerprint density at radius 1 is 1.10 bits per heavy atom. The van der Waals surface area contributed by atoms with Crippen LogP contribution in [-0.4, -0.2) is 16.9 Å². The summed E-state index contributed by atoms with van der Waals surface area (Å²) in [6.45, 7) is 5.53. The van der Waals surface area contributed by atoms with Gasteiger partial charge in [0.2, 0.25) is 0 Å². The van der Waals surface area contributed by atoms with Crippen LogP contribution in [0.5, 0.6) is 5.75 Å². The van der Waals surface area contributed by atoms with Crippen molar-refractivity contribution in [3.05, 3.63) is 41.7 Å². The van der Waals surface area contributed by atoms with Gasteiger partial charge in [0, 0.05) is 5.41 Å². The van der Waals surface area contributed by atoms with Crippen molar-refractivity contribution in [1.82, 2.24) is 9.78 Å². The number of benzene rings is 1. The van der Waals surface area contributed by atoms with Crippen LogP contribution in [0.3, 0.4) is 0 Å². The van der Waals surface area contributed by atoms with Gasteiger partial charge in [-0.1, -0.05) is 32.9 Å². The van der Waals surface area contributed by atoms with E-state index in [0.29, 0.717) is 17.1 Å². The molecule has 6 heteroatoms. The molecule has 1 aromatic heterocycles. The second kappa shape index (κ2) is 5.09. The average molecular weight is 298 g/mol. The van der Waals surface area contributed by atoms with E-state index in [1.165, 1.54) is 11.8 Å². The van der Waals surface area contributed by atoms with Gasteiger partial charge in [-0.3, -0.25) is 0 Å². The summed E-state index contributed by atoms with van der Waals surface area (Å²) < 4.78 is 45.4. The van der Waals surface area contributed by atoms with Crippen LogP contribution in [0.4, 0.5) is 13.2 Å². The minimum atomic E-state index is -4.48. The Morgan fingerprint density at radius 2 is 1.71 bits per heavy atom. The second-order valence-electron chi connectivity index (χ2n) is 5.75. The van der Waals surface area contributed by atoms with Crippen molar-refractivity contribution < 1.29 is 17.9 Å². The molecule has 2 rings (SSSR count). The molecule has 0 unspecified atom stereocenters. The number of methoxy groups -OCH3 is 1. The van der Waals surface area contributed by atoms with E-state index in [1.807, 2.05) is 20.8 Å². The molecule has 0 aliphatic carbocycles. The fourth-order valence-electron chi connectivity index (χ4n) is 2.04. The molecule has 114 valence electrons. The zero-order chi connectivity index (χ0) is 15.8. The fourth-order valence-corrected chi connectivity index (χ4v) is 2.04. The predicted octanol–water partition coefficient (Wildman–Crippen LogP) is 4.20. The number of hydrogen-bond acceptors (Lipinski definition) is 2. The van der Waals surface area contributed by atoms with Crippen molar-refractivity contribution in [1.29, 1.82) is 0 Å². The molecule has 21 heavy (non-hydrogen) atoms. The summed E-state index contributed by atoms with van der Waals surface area (Å²) in [5.41, 5.74) is -0.435. The highest BCUT2D eigenvalue weighted by Gasteiger charge is 2.37. The molecule has 0 saturated heterocycles. The molecular formula is C15H17F3N2O. The third-order valence-electron chi connectivity index (χ3n) is 3.08. The van der Waals surface area contributed by atoms with Crippen molar-refractivity contribution in [2.75, 3.05) is 7.11 Å². The van der Waals surface area contributed by atoms with E-state index in [-0.39, 0.29) is 0 Å². The van der Waals surface area contributed by atoms with Crippen LogP contribution < -0.4 is 4.74 Å². The Hall–Kier alpha value is -1.98. The number of ether oxygens (including phenoxy) is 1. The van der Waals surface area contributed by atoms with E-state index in [4.69, 9.17) is 4.74 Å². The van der Waals surface area contributed by atoms with Gasteiger partial charge in [0.05, 0.1) is 12.8 Å². The first-order valence-electron chi connectivity index (χ1n) is 6.45. The van der Waals surface area contributed by atoms with Crippen molar-refractivity contribution in [3.8, 4) is 11.4 Å². The third kappa shape index (κ3) is 3.04. The summed E-state index contributed by atoms with van der Waals surface area (Å²) in [6.07, 6.45) is -4.48. The monoisotopic (exact) mass is 298 g/mol. The number of para-hydroxylation sites is 2. The van der Waals surface area contributed by atoms with Gasteiger partial charge in [-0.15, -0.1) is 0 Å². The maximum Gasteiger partial charge on any atom is 0.435 e. The van der Waals surface area contributed by atoms with Crippen molar-refractivity contribution in [3.63, 3.8) is 0 Å². The molecule has 1 heterocycles. The first-order chi connectivity index (χ1) is 9.64. The van der Waals surface area contributed by atoms with Gasteiger partial charge in [0.25, 0.3) is 0 Å². The third-order valence-corrected chi connectivity index (χ3v) is 3.08. The summed E-state index contributed by atoms with van der Waals surface area (Å²) in [5.74, 6) is 0.472. The zero-order valence-electron chi connectivity index (χ0n) is 12.3. The maximum atomic E-state index is 13.0. The number of halogens is 3. The molecule has 1 aromatic carbocycles. The lowest BCUT2D eigenvalue weighted by atomic mass is 9.91. The predicted molar refractivity (Wildman–Crippen MR) is 73.8 cm³/mol. The first kappa shape index (κ1) is 15.4.